The second-order valence-electron chi connectivity index (χ2n) is 6.47. The Balaban J connectivity index is 5.29. The summed E-state index contributed by atoms with van der Waals surface area (Å²) in [6.45, 7) is 18.7. The average Bonchev–Trinajstić information content (AvgIpc) is 2.48. The Bertz CT molecular complexity index is 307. The second-order valence-corrected chi connectivity index (χ2v) is 10.7. The zero-order valence-electron chi connectivity index (χ0n) is 15.2. The maximum atomic E-state index is 9.22. The molecule has 0 bridgehead atoms. The molecule has 0 heterocycles. The van der Waals surface area contributed by atoms with Gasteiger partial charge in [-0.2, -0.15) is 0 Å². The van der Waals surface area contributed by atoms with Crippen LogP contribution in [0.5, 0.6) is 0 Å². The van der Waals surface area contributed by atoms with Crippen molar-refractivity contribution in [3.05, 3.63) is 25.3 Å². The Morgan fingerprint density at radius 2 is 1.41 bits per heavy atom. The summed E-state index contributed by atoms with van der Waals surface area (Å²) in [6.07, 6.45) is 7.38. The van der Waals surface area contributed by atoms with Gasteiger partial charge in [-0.25, -0.2) is 0 Å². The summed E-state index contributed by atoms with van der Waals surface area (Å²) in [5.41, 5.74) is 0.635. The van der Waals surface area contributed by atoms with Crippen LogP contribution in [0.25, 0.3) is 0 Å². The van der Waals surface area contributed by atoms with Crippen molar-refractivity contribution >= 4 is 8.56 Å². The topological polar surface area (TPSA) is 38.7 Å². The lowest BCUT2D eigenvalue weighted by molar-refractivity contribution is 0.0843. The minimum Gasteiger partial charge on any atom is -0.396 e. The van der Waals surface area contributed by atoms with Crippen molar-refractivity contribution in [2.45, 2.75) is 83.6 Å². The first-order valence-corrected chi connectivity index (χ1v) is 10.6. The highest BCUT2D eigenvalue weighted by Gasteiger charge is 2.47. The van der Waals surface area contributed by atoms with E-state index in [1.807, 2.05) is 6.08 Å². The zero-order chi connectivity index (χ0) is 17.2. The molecular weight excluding hydrogens is 292 g/mol. The molecule has 0 aromatic rings. The molecule has 4 heteroatoms. The summed E-state index contributed by atoms with van der Waals surface area (Å²) >= 11 is 0. The number of aliphatic hydroxyl groups is 1. The number of aliphatic hydroxyl groups excluding tert-OH is 1. The standard InChI is InChI=1S/C18H36O3Si/c1-8-11-12-17(9-2)20-22(15(4)5,16(6)7)21-18(10-3)13-14-19/h9-10,15-19H,2-3,8,11-14H2,1,4-7H3/t17-,18+/m1/s1. The highest BCUT2D eigenvalue weighted by atomic mass is 28.4. The van der Waals surface area contributed by atoms with Crippen LogP contribution >= 0.6 is 0 Å². The van der Waals surface area contributed by atoms with Gasteiger partial charge in [0.1, 0.15) is 0 Å². The van der Waals surface area contributed by atoms with E-state index in [1.54, 1.807) is 6.08 Å². The van der Waals surface area contributed by atoms with Gasteiger partial charge in [-0.15, -0.1) is 13.2 Å². The third-order valence-corrected chi connectivity index (χ3v) is 8.62. The minimum atomic E-state index is -2.46. The van der Waals surface area contributed by atoms with Crippen LogP contribution in [0.3, 0.4) is 0 Å². The molecule has 0 aliphatic heterocycles. The molecule has 0 radical (unpaired) electrons. The second kappa shape index (κ2) is 11.2. The van der Waals surface area contributed by atoms with Gasteiger partial charge in [0.05, 0.1) is 12.2 Å². The third-order valence-electron chi connectivity index (χ3n) is 4.06. The molecule has 0 aromatic heterocycles. The minimum absolute atomic E-state index is 0.0380. The molecule has 22 heavy (non-hydrogen) atoms. The molecule has 0 aliphatic rings. The molecule has 0 saturated carbocycles. The number of rotatable bonds is 13. The van der Waals surface area contributed by atoms with Gasteiger partial charge >= 0.3 is 8.56 Å². The largest absolute Gasteiger partial charge is 0.396 e. The lowest BCUT2D eigenvalue weighted by Gasteiger charge is -2.41. The van der Waals surface area contributed by atoms with Gasteiger partial charge < -0.3 is 14.0 Å². The van der Waals surface area contributed by atoms with Crippen LogP contribution in [-0.2, 0) is 8.85 Å². The fourth-order valence-corrected chi connectivity index (χ4v) is 6.55. The molecular formula is C18H36O3Si. The number of hydrogen-bond acceptors (Lipinski definition) is 3. The highest BCUT2D eigenvalue weighted by molar-refractivity contribution is 6.70. The highest BCUT2D eigenvalue weighted by Crippen LogP contribution is 2.37. The fourth-order valence-electron chi connectivity index (χ4n) is 2.69. The van der Waals surface area contributed by atoms with Crippen molar-refractivity contribution in [1.82, 2.24) is 0 Å². The Kier molecular flexibility index (Phi) is 11.0. The maximum absolute atomic E-state index is 9.22. The molecule has 3 nitrogen and oxygen atoms in total. The van der Waals surface area contributed by atoms with E-state index in [1.165, 1.54) is 0 Å². The Morgan fingerprint density at radius 3 is 1.73 bits per heavy atom. The van der Waals surface area contributed by atoms with E-state index < -0.39 is 8.56 Å². The van der Waals surface area contributed by atoms with E-state index in [2.05, 4.69) is 47.8 Å². The van der Waals surface area contributed by atoms with Crippen LogP contribution < -0.4 is 0 Å². The predicted octanol–water partition coefficient (Wildman–Crippen LogP) is 4.96. The first-order valence-electron chi connectivity index (χ1n) is 8.59. The molecule has 0 saturated heterocycles. The first kappa shape index (κ1) is 21.6. The number of unbranched alkanes of at least 4 members (excludes halogenated alkanes) is 1. The summed E-state index contributed by atoms with van der Waals surface area (Å²) in [7, 11) is -2.46. The van der Waals surface area contributed by atoms with Crippen molar-refractivity contribution < 1.29 is 14.0 Å². The summed E-state index contributed by atoms with van der Waals surface area (Å²) < 4.78 is 13.0. The Morgan fingerprint density at radius 1 is 0.955 bits per heavy atom. The van der Waals surface area contributed by atoms with E-state index >= 15 is 0 Å². The van der Waals surface area contributed by atoms with Gasteiger partial charge in [-0.05, 0) is 23.9 Å². The van der Waals surface area contributed by atoms with Crippen LogP contribution in [0.2, 0.25) is 11.1 Å². The molecule has 130 valence electrons. The van der Waals surface area contributed by atoms with Crippen molar-refractivity contribution in [3.8, 4) is 0 Å². The van der Waals surface area contributed by atoms with E-state index in [4.69, 9.17) is 8.85 Å². The monoisotopic (exact) mass is 328 g/mol. The van der Waals surface area contributed by atoms with Crippen LogP contribution in [-0.4, -0.2) is 32.5 Å². The molecule has 0 rings (SSSR count). The molecule has 0 fully saturated rings. The summed E-state index contributed by atoms with van der Waals surface area (Å²) in [4.78, 5) is 0. The first-order chi connectivity index (χ1) is 10.4. The lowest BCUT2D eigenvalue weighted by Crippen LogP contribution is -2.52. The van der Waals surface area contributed by atoms with E-state index in [-0.39, 0.29) is 18.8 Å². The summed E-state index contributed by atoms with van der Waals surface area (Å²) in [5, 5.41) is 9.22. The normalized spacial score (nSPS) is 15.1. The van der Waals surface area contributed by atoms with Crippen molar-refractivity contribution in [2.24, 2.45) is 0 Å². The molecule has 0 aromatic carbocycles. The maximum Gasteiger partial charge on any atom is 0.344 e. The molecule has 0 spiro atoms. The van der Waals surface area contributed by atoms with Crippen molar-refractivity contribution in [3.63, 3.8) is 0 Å². The van der Waals surface area contributed by atoms with E-state index in [9.17, 15) is 5.11 Å². The Hall–Kier alpha value is -0.423. The van der Waals surface area contributed by atoms with Gasteiger partial charge in [0.15, 0.2) is 0 Å². The molecule has 0 unspecified atom stereocenters. The number of hydrogen-bond donors (Lipinski definition) is 1. The SMILES string of the molecule is C=C[C@H](CCCC)O[Si](O[C@@H](C=C)CCO)(C(C)C)C(C)C. The van der Waals surface area contributed by atoms with Gasteiger partial charge in [0.2, 0.25) is 0 Å². The average molecular weight is 329 g/mol. The molecule has 0 amide bonds. The molecule has 1 N–H and O–H groups in total. The van der Waals surface area contributed by atoms with Crippen LogP contribution in [0, 0.1) is 0 Å². The Labute approximate surface area is 138 Å². The van der Waals surface area contributed by atoms with E-state index in [0.29, 0.717) is 17.5 Å². The van der Waals surface area contributed by atoms with E-state index in [0.717, 1.165) is 19.3 Å². The van der Waals surface area contributed by atoms with Crippen molar-refractivity contribution in [2.75, 3.05) is 6.61 Å². The van der Waals surface area contributed by atoms with Gasteiger partial charge in [-0.1, -0.05) is 59.6 Å². The van der Waals surface area contributed by atoms with Gasteiger partial charge in [0, 0.05) is 6.61 Å². The van der Waals surface area contributed by atoms with Gasteiger partial charge in [-0.3, -0.25) is 0 Å². The molecule has 0 aliphatic carbocycles. The van der Waals surface area contributed by atoms with Crippen LogP contribution in [0.15, 0.2) is 25.3 Å². The van der Waals surface area contributed by atoms with Crippen molar-refractivity contribution in [1.29, 1.82) is 0 Å². The van der Waals surface area contributed by atoms with Gasteiger partial charge in [0.25, 0.3) is 0 Å². The lowest BCUT2D eigenvalue weighted by atomic mass is 10.2. The van der Waals surface area contributed by atoms with Crippen LogP contribution in [0.1, 0.15) is 60.3 Å². The zero-order valence-corrected chi connectivity index (χ0v) is 16.2. The van der Waals surface area contributed by atoms with Crippen LogP contribution in [0.4, 0.5) is 0 Å². The molecule has 2 atom stereocenters. The fraction of sp³-hybridized carbons (Fsp3) is 0.778. The summed E-state index contributed by atoms with van der Waals surface area (Å²) in [5.74, 6) is 0. The summed E-state index contributed by atoms with van der Waals surface area (Å²) in [6, 6.07) is 0. The predicted molar refractivity (Wildman–Crippen MR) is 97.3 cm³/mol. The smallest absolute Gasteiger partial charge is 0.344 e. The third kappa shape index (κ3) is 6.37. The quantitative estimate of drug-likeness (QED) is 0.383.